The smallest absolute Gasteiger partial charge is 0.267 e. The Morgan fingerprint density at radius 2 is 1.55 bits per heavy atom. The lowest BCUT2D eigenvalue weighted by atomic mass is 10.2. The molecule has 3 nitrogen and oxygen atoms in total. The van der Waals surface area contributed by atoms with Gasteiger partial charge in [-0.05, 0) is 36.2 Å². The molecule has 2 aromatic rings. The zero-order chi connectivity index (χ0) is 14.8. The van der Waals surface area contributed by atoms with Gasteiger partial charge in [0.2, 0.25) is 0 Å². The number of benzene rings is 2. The van der Waals surface area contributed by atoms with E-state index in [0.29, 0.717) is 0 Å². The lowest BCUT2D eigenvalue weighted by Gasteiger charge is -2.10. The minimum Gasteiger partial charge on any atom is -0.279 e. The lowest BCUT2D eigenvalue weighted by Crippen LogP contribution is -2.16. The van der Waals surface area contributed by atoms with Gasteiger partial charge < -0.3 is 0 Å². The molecule has 0 fully saturated rings. The minimum atomic E-state index is -4.29. The second-order valence-electron chi connectivity index (χ2n) is 4.21. The molecule has 20 heavy (non-hydrogen) atoms. The van der Waals surface area contributed by atoms with Crippen LogP contribution in [0, 0.1) is 11.6 Å². The Morgan fingerprint density at radius 3 is 2.05 bits per heavy atom. The van der Waals surface area contributed by atoms with Gasteiger partial charge >= 0.3 is 0 Å². The largest absolute Gasteiger partial charge is 0.279 e. The summed E-state index contributed by atoms with van der Waals surface area (Å²) in [5.74, 6) is -2.25. The summed E-state index contributed by atoms with van der Waals surface area (Å²) < 4.78 is 53.2. The summed E-state index contributed by atoms with van der Waals surface area (Å²) in [5, 5.41) is 0. The molecule has 0 unspecified atom stereocenters. The van der Waals surface area contributed by atoms with Crippen molar-refractivity contribution >= 4 is 15.7 Å². The molecule has 0 aromatic heterocycles. The van der Waals surface area contributed by atoms with Crippen LogP contribution >= 0.6 is 0 Å². The van der Waals surface area contributed by atoms with Crippen LogP contribution < -0.4 is 4.72 Å². The van der Waals surface area contributed by atoms with E-state index < -0.39 is 26.6 Å². The molecule has 106 valence electrons. The van der Waals surface area contributed by atoms with Crippen LogP contribution in [-0.4, -0.2) is 8.42 Å². The summed E-state index contributed by atoms with van der Waals surface area (Å²) in [7, 11) is -4.29. The maximum atomic E-state index is 13.5. The highest BCUT2D eigenvalue weighted by atomic mass is 32.2. The molecule has 0 heterocycles. The van der Waals surface area contributed by atoms with Gasteiger partial charge in [0.05, 0.1) is 0 Å². The van der Waals surface area contributed by atoms with Crippen LogP contribution in [0.5, 0.6) is 0 Å². The molecule has 0 atom stereocenters. The second-order valence-corrected chi connectivity index (χ2v) is 5.83. The highest BCUT2D eigenvalue weighted by Gasteiger charge is 2.23. The van der Waals surface area contributed by atoms with Crippen LogP contribution in [0.1, 0.15) is 12.5 Å². The van der Waals surface area contributed by atoms with Gasteiger partial charge in [-0.2, -0.15) is 0 Å². The van der Waals surface area contributed by atoms with Gasteiger partial charge in [0.1, 0.15) is 11.6 Å². The maximum absolute atomic E-state index is 13.5. The van der Waals surface area contributed by atoms with Crippen molar-refractivity contribution < 1.29 is 17.2 Å². The molecule has 0 spiro atoms. The summed E-state index contributed by atoms with van der Waals surface area (Å²) in [6.45, 7) is 1.97. The number of sulfonamides is 1. The van der Waals surface area contributed by atoms with Crippen LogP contribution in [0.15, 0.2) is 47.4 Å². The molecule has 1 N–H and O–H groups in total. The van der Waals surface area contributed by atoms with Crippen molar-refractivity contribution in [3.05, 3.63) is 59.7 Å². The standard InChI is InChI=1S/C14H13F2NO2S/c1-2-10-6-8-11(9-7-10)17-20(18,19)14-12(15)4-3-5-13(14)16/h3-9,17H,2H2,1H3. The number of hydrogen-bond donors (Lipinski definition) is 1. The molecule has 0 aliphatic rings. The predicted octanol–water partition coefficient (Wildman–Crippen LogP) is 3.33. The summed E-state index contributed by atoms with van der Waals surface area (Å²) in [6, 6.07) is 9.50. The van der Waals surface area contributed by atoms with Crippen molar-refractivity contribution in [3.8, 4) is 0 Å². The van der Waals surface area contributed by atoms with E-state index in [1.165, 1.54) is 0 Å². The second kappa shape index (κ2) is 5.58. The Balaban J connectivity index is 2.35. The summed E-state index contributed by atoms with van der Waals surface area (Å²) in [6.07, 6.45) is 0.814. The first-order valence-corrected chi connectivity index (χ1v) is 7.48. The number of nitrogens with one attached hydrogen (secondary N) is 1. The number of anilines is 1. The van der Waals surface area contributed by atoms with E-state index in [1.54, 1.807) is 24.3 Å². The van der Waals surface area contributed by atoms with Crippen LogP contribution in [0.4, 0.5) is 14.5 Å². The minimum absolute atomic E-state index is 0.254. The number of rotatable bonds is 4. The average molecular weight is 297 g/mol. The van der Waals surface area contributed by atoms with Crippen molar-refractivity contribution in [2.75, 3.05) is 4.72 Å². The maximum Gasteiger partial charge on any atom is 0.267 e. The highest BCUT2D eigenvalue weighted by Crippen LogP contribution is 2.22. The molecule has 0 radical (unpaired) electrons. The summed E-state index contributed by atoms with van der Waals surface area (Å²) in [5.41, 5.74) is 1.29. The topological polar surface area (TPSA) is 46.2 Å². The normalized spacial score (nSPS) is 11.3. The fourth-order valence-electron chi connectivity index (χ4n) is 1.75. The first-order valence-electron chi connectivity index (χ1n) is 6.00. The lowest BCUT2D eigenvalue weighted by molar-refractivity contribution is 0.521. The van der Waals surface area contributed by atoms with E-state index in [9.17, 15) is 17.2 Å². The molecule has 6 heteroatoms. The zero-order valence-electron chi connectivity index (χ0n) is 10.7. The van der Waals surface area contributed by atoms with E-state index in [4.69, 9.17) is 0 Å². The van der Waals surface area contributed by atoms with Gasteiger partial charge in [0, 0.05) is 5.69 Å². The third-order valence-electron chi connectivity index (χ3n) is 2.80. The van der Waals surface area contributed by atoms with Gasteiger partial charge in [-0.25, -0.2) is 17.2 Å². The molecular weight excluding hydrogens is 284 g/mol. The molecule has 2 rings (SSSR count). The van der Waals surface area contributed by atoms with Crippen LogP contribution in [-0.2, 0) is 16.4 Å². The van der Waals surface area contributed by atoms with Crippen molar-refractivity contribution in [1.82, 2.24) is 0 Å². The van der Waals surface area contributed by atoms with E-state index in [1.807, 2.05) is 6.92 Å². The Hall–Kier alpha value is -1.95. The van der Waals surface area contributed by atoms with Crippen LogP contribution in [0.25, 0.3) is 0 Å². The van der Waals surface area contributed by atoms with Gasteiger partial charge in [-0.3, -0.25) is 4.72 Å². The van der Waals surface area contributed by atoms with Crippen molar-refractivity contribution in [3.63, 3.8) is 0 Å². The number of aryl methyl sites for hydroxylation is 1. The molecule has 0 saturated carbocycles. The predicted molar refractivity (Wildman–Crippen MR) is 73.0 cm³/mol. The van der Waals surface area contributed by atoms with Gasteiger partial charge in [0.15, 0.2) is 4.90 Å². The first kappa shape index (κ1) is 14.5. The van der Waals surface area contributed by atoms with Crippen LogP contribution in [0.2, 0.25) is 0 Å². The quantitative estimate of drug-likeness (QED) is 0.941. The highest BCUT2D eigenvalue weighted by molar-refractivity contribution is 7.92. The molecule has 0 bridgehead atoms. The summed E-state index contributed by atoms with van der Waals surface area (Å²) >= 11 is 0. The fourth-order valence-corrected chi connectivity index (χ4v) is 2.95. The molecule has 0 saturated heterocycles. The van der Waals surface area contributed by atoms with E-state index in [-0.39, 0.29) is 5.69 Å². The molecule has 0 aliphatic heterocycles. The van der Waals surface area contributed by atoms with Gasteiger partial charge in [-0.15, -0.1) is 0 Å². The number of halogens is 2. The Bertz CT molecular complexity index is 692. The van der Waals surface area contributed by atoms with E-state index in [2.05, 4.69) is 4.72 Å². The molecule has 0 aliphatic carbocycles. The van der Waals surface area contributed by atoms with Crippen molar-refractivity contribution in [2.24, 2.45) is 0 Å². The number of hydrogen-bond acceptors (Lipinski definition) is 2. The first-order chi connectivity index (χ1) is 9.44. The third kappa shape index (κ3) is 2.96. The summed E-state index contributed by atoms with van der Waals surface area (Å²) in [4.78, 5) is -0.973. The molecule has 0 amide bonds. The SMILES string of the molecule is CCc1ccc(NS(=O)(=O)c2c(F)cccc2F)cc1. The van der Waals surface area contributed by atoms with Crippen molar-refractivity contribution in [1.29, 1.82) is 0 Å². The van der Waals surface area contributed by atoms with Gasteiger partial charge in [-0.1, -0.05) is 25.1 Å². The van der Waals surface area contributed by atoms with Crippen molar-refractivity contribution in [2.45, 2.75) is 18.2 Å². The monoisotopic (exact) mass is 297 g/mol. The Labute approximate surface area is 116 Å². The molecule has 2 aromatic carbocycles. The zero-order valence-corrected chi connectivity index (χ0v) is 11.5. The Morgan fingerprint density at radius 1 is 1.00 bits per heavy atom. The molecular formula is C14H13F2NO2S. The van der Waals surface area contributed by atoms with E-state index >= 15 is 0 Å². The van der Waals surface area contributed by atoms with Crippen LogP contribution in [0.3, 0.4) is 0 Å². The average Bonchev–Trinajstić information content (AvgIpc) is 2.38. The van der Waals surface area contributed by atoms with E-state index in [0.717, 1.165) is 30.2 Å². The third-order valence-corrected chi connectivity index (χ3v) is 4.23. The van der Waals surface area contributed by atoms with Gasteiger partial charge in [0.25, 0.3) is 10.0 Å². The fraction of sp³-hybridized carbons (Fsp3) is 0.143. The Kier molecular flexibility index (Phi) is 4.04.